The molecule has 3 heteroatoms. The summed E-state index contributed by atoms with van der Waals surface area (Å²) in [4.78, 5) is 0. The number of anilines is 1. The number of aryl methyl sites for hydroxylation is 1. The molecule has 0 aliphatic heterocycles. The highest BCUT2D eigenvalue weighted by Crippen LogP contribution is 2.15. The Balaban J connectivity index is 2.45. The Morgan fingerprint density at radius 3 is 2.31 bits per heavy atom. The molecule has 0 amide bonds. The van der Waals surface area contributed by atoms with E-state index >= 15 is 0 Å². The van der Waals surface area contributed by atoms with Crippen molar-refractivity contribution in [3.05, 3.63) is 29.8 Å². The maximum absolute atomic E-state index is 5.87. The van der Waals surface area contributed by atoms with Crippen LogP contribution in [0.1, 0.15) is 25.8 Å². The van der Waals surface area contributed by atoms with Crippen molar-refractivity contribution in [2.24, 2.45) is 0 Å². The lowest BCUT2D eigenvalue weighted by Crippen LogP contribution is -2.18. The van der Waals surface area contributed by atoms with Gasteiger partial charge in [0.15, 0.2) is 6.29 Å². The molecule has 0 atom stereocenters. The highest BCUT2D eigenvalue weighted by atomic mass is 16.7. The van der Waals surface area contributed by atoms with Crippen molar-refractivity contribution in [2.45, 2.75) is 33.0 Å². The van der Waals surface area contributed by atoms with Gasteiger partial charge in [-0.3, -0.25) is 0 Å². The van der Waals surface area contributed by atoms with Crippen LogP contribution in [0.3, 0.4) is 0 Å². The fourth-order valence-corrected chi connectivity index (χ4v) is 1.62. The van der Waals surface area contributed by atoms with Crippen molar-refractivity contribution in [3.8, 4) is 0 Å². The minimum absolute atomic E-state index is 0.116. The average molecular weight is 223 g/mol. The zero-order chi connectivity index (χ0) is 11.8. The lowest BCUT2D eigenvalue weighted by atomic mass is 10.1. The van der Waals surface area contributed by atoms with Crippen molar-refractivity contribution >= 4 is 5.69 Å². The molecule has 90 valence electrons. The number of hydrogen-bond donors (Lipinski definition) is 1. The van der Waals surface area contributed by atoms with Crippen LogP contribution in [-0.2, 0) is 15.9 Å². The molecule has 0 radical (unpaired) electrons. The van der Waals surface area contributed by atoms with E-state index in [1.807, 2.05) is 38.1 Å². The highest BCUT2D eigenvalue weighted by molar-refractivity contribution is 5.46. The van der Waals surface area contributed by atoms with Gasteiger partial charge in [-0.2, -0.15) is 0 Å². The molecule has 0 bridgehead atoms. The predicted octanol–water partition coefficient (Wildman–Crippen LogP) is 2.60. The van der Waals surface area contributed by atoms with Gasteiger partial charge in [0, 0.05) is 25.3 Å². The number of nitrogen functional groups attached to an aromatic ring is 1. The second kappa shape index (κ2) is 7.25. The van der Waals surface area contributed by atoms with E-state index in [4.69, 9.17) is 15.2 Å². The Morgan fingerprint density at radius 2 is 1.75 bits per heavy atom. The van der Waals surface area contributed by atoms with Crippen LogP contribution in [0.2, 0.25) is 0 Å². The van der Waals surface area contributed by atoms with E-state index in [0.717, 1.165) is 24.1 Å². The third-order valence-electron chi connectivity index (χ3n) is 2.41. The van der Waals surface area contributed by atoms with Crippen LogP contribution in [0.15, 0.2) is 24.3 Å². The fourth-order valence-electron chi connectivity index (χ4n) is 1.62. The lowest BCUT2D eigenvalue weighted by molar-refractivity contribution is -0.139. The van der Waals surface area contributed by atoms with Crippen LogP contribution in [0.4, 0.5) is 5.69 Å². The first-order valence-electron chi connectivity index (χ1n) is 5.84. The molecule has 0 aliphatic rings. The van der Waals surface area contributed by atoms with Crippen molar-refractivity contribution in [1.82, 2.24) is 0 Å². The highest BCUT2D eigenvalue weighted by Gasteiger charge is 2.08. The van der Waals surface area contributed by atoms with E-state index in [1.54, 1.807) is 0 Å². The van der Waals surface area contributed by atoms with Crippen LogP contribution in [-0.4, -0.2) is 19.5 Å². The molecule has 0 spiro atoms. The van der Waals surface area contributed by atoms with E-state index in [-0.39, 0.29) is 6.29 Å². The Bertz CT molecular complexity index is 296. The lowest BCUT2D eigenvalue weighted by Gasteiger charge is -2.17. The summed E-state index contributed by atoms with van der Waals surface area (Å²) in [6.45, 7) is 5.30. The molecule has 1 aromatic carbocycles. The van der Waals surface area contributed by atoms with Gasteiger partial charge in [-0.25, -0.2) is 0 Å². The van der Waals surface area contributed by atoms with Crippen LogP contribution in [0.25, 0.3) is 0 Å². The Kier molecular flexibility index (Phi) is 5.90. The monoisotopic (exact) mass is 223 g/mol. The molecule has 16 heavy (non-hydrogen) atoms. The minimum atomic E-state index is -0.116. The third-order valence-corrected chi connectivity index (χ3v) is 2.41. The maximum Gasteiger partial charge on any atom is 0.157 e. The van der Waals surface area contributed by atoms with Gasteiger partial charge in [-0.1, -0.05) is 18.2 Å². The molecule has 1 rings (SSSR count). The van der Waals surface area contributed by atoms with E-state index in [1.165, 1.54) is 0 Å². The van der Waals surface area contributed by atoms with Crippen molar-refractivity contribution in [1.29, 1.82) is 0 Å². The molecule has 3 nitrogen and oxygen atoms in total. The maximum atomic E-state index is 5.87. The molecule has 0 saturated carbocycles. The summed E-state index contributed by atoms with van der Waals surface area (Å²) >= 11 is 0. The average Bonchev–Trinajstić information content (AvgIpc) is 2.28. The molecule has 0 fully saturated rings. The molecule has 0 unspecified atom stereocenters. The molecule has 2 N–H and O–H groups in total. The largest absolute Gasteiger partial charge is 0.399 e. The second-order valence-electron chi connectivity index (χ2n) is 3.58. The molecule has 0 aromatic heterocycles. The molecule has 0 heterocycles. The first kappa shape index (κ1) is 13.0. The summed E-state index contributed by atoms with van der Waals surface area (Å²) in [6.07, 6.45) is 1.61. The smallest absolute Gasteiger partial charge is 0.157 e. The number of hydrogen-bond acceptors (Lipinski definition) is 3. The van der Waals surface area contributed by atoms with Gasteiger partial charge in [-0.05, 0) is 31.9 Å². The zero-order valence-electron chi connectivity index (χ0n) is 10.1. The Hall–Kier alpha value is -1.06. The number of nitrogens with two attached hydrogens (primary N) is 1. The Labute approximate surface area is 97.6 Å². The van der Waals surface area contributed by atoms with Gasteiger partial charge in [-0.15, -0.1) is 0 Å². The van der Waals surface area contributed by atoms with Crippen LogP contribution in [0, 0.1) is 0 Å². The normalized spacial score (nSPS) is 10.9. The van der Waals surface area contributed by atoms with E-state index in [9.17, 15) is 0 Å². The Morgan fingerprint density at radius 1 is 1.12 bits per heavy atom. The SMILES string of the molecule is CCOC(CCc1ccccc1N)OCC. The molecule has 0 saturated heterocycles. The summed E-state index contributed by atoms with van der Waals surface area (Å²) in [6, 6.07) is 7.92. The van der Waals surface area contributed by atoms with E-state index < -0.39 is 0 Å². The standard InChI is InChI=1S/C13H21NO2/c1-3-15-13(16-4-2)10-9-11-7-5-6-8-12(11)14/h5-8,13H,3-4,9-10,14H2,1-2H3. The third kappa shape index (κ3) is 4.21. The fraction of sp³-hybridized carbons (Fsp3) is 0.538. The topological polar surface area (TPSA) is 44.5 Å². The van der Waals surface area contributed by atoms with Gasteiger partial charge in [0.1, 0.15) is 0 Å². The second-order valence-corrected chi connectivity index (χ2v) is 3.58. The molecular weight excluding hydrogens is 202 g/mol. The number of para-hydroxylation sites is 1. The van der Waals surface area contributed by atoms with Gasteiger partial charge in [0.25, 0.3) is 0 Å². The number of benzene rings is 1. The van der Waals surface area contributed by atoms with Gasteiger partial charge < -0.3 is 15.2 Å². The van der Waals surface area contributed by atoms with Crippen LogP contribution >= 0.6 is 0 Å². The first-order valence-corrected chi connectivity index (χ1v) is 5.84. The molecule has 0 aliphatic carbocycles. The minimum Gasteiger partial charge on any atom is -0.399 e. The molecule has 1 aromatic rings. The number of rotatable bonds is 7. The summed E-state index contributed by atoms with van der Waals surface area (Å²) in [5.41, 5.74) is 7.87. The van der Waals surface area contributed by atoms with E-state index in [0.29, 0.717) is 13.2 Å². The van der Waals surface area contributed by atoms with Crippen molar-refractivity contribution in [2.75, 3.05) is 18.9 Å². The van der Waals surface area contributed by atoms with Crippen LogP contribution < -0.4 is 5.73 Å². The summed E-state index contributed by atoms with van der Waals surface area (Å²) < 4.78 is 11.0. The van der Waals surface area contributed by atoms with E-state index in [2.05, 4.69) is 0 Å². The van der Waals surface area contributed by atoms with Crippen molar-refractivity contribution in [3.63, 3.8) is 0 Å². The van der Waals surface area contributed by atoms with Gasteiger partial charge >= 0.3 is 0 Å². The van der Waals surface area contributed by atoms with Crippen molar-refractivity contribution < 1.29 is 9.47 Å². The first-order chi connectivity index (χ1) is 7.77. The summed E-state index contributed by atoms with van der Waals surface area (Å²) in [5.74, 6) is 0. The van der Waals surface area contributed by atoms with Gasteiger partial charge in [0.05, 0.1) is 0 Å². The summed E-state index contributed by atoms with van der Waals surface area (Å²) in [5, 5.41) is 0. The zero-order valence-corrected chi connectivity index (χ0v) is 10.1. The van der Waals surface area contributed by atoms with Crippen LogP contribution in [0.5, 0.6) is 0 Å². The molecular formula is C13H21NO2. The summed E-state index contributed by atoms with van der Waals surface area (Å²) in [7, 11) is 0. The quantitative estimate of drug-likeness (QED) is 0.571. The number of ether oxygens (including phenoxy) is 2. The van der Waals surface area contributed by atoms with Gasteiger partial charge in [0.2, 0.25) is 0 Å². The predicted molar refractivity (Wildman–Crippen MR) is 66.2 cm³/mol.